The van der Waals surface area contributed by atoms with Gasteiger partial charge in [0.15, 0.2) is 0 Å². The molecular formula is C2H4OTc. The van der Waals surface area contributed by atoms with Crippen molar-refractivity contribution in [2.24, 2.45) is 0 Å². The molecule has 0 amide bonds. The number of hydrogen-bond donors (Lipinski definition) is 1. The number of aliphatic hydroxyl groups excluding tert-OH is 1. The molecule has 0 spiro atoms. The van der Waals surface area contributed by atoms with E-state index < -0.39 is 0 Å². The van der Waals surface area contributed by atoms with Crippen molar-refractivity contribution in [3.05, 3.63) is 0 Å². The Kier molecular flexibility index (Phi) is 1.98. The first-order chi connectivity index (χ1) is 1.73. The van der Waals surface area contributed by atoms with Crippen molar-refractivity contribution in [2.75, 3.05) is 0 Å². The zero-order chi connectivity index (χ0) is 3.58. The fraction of sp³-hybridized carbons (Fsp3) is 0.500. The van der Waals surface area contributed by atoms with E-state index in [9.17, 15) is 0 Å². The van der Waals surface area contributed by atoms with Gasteiger partial charge in [-0.05, 0) is 0 Å². The van der Waals surface area contributed by atoms with E-state index in [-0.39, 0.29) is 0 Å². The Labute approximate surface area is 35.3 Å². The summed E-state index contributed by atoms with van der Waals surface area (Å²) >= 11 is 1.82. The molecule has 0 atom stereocenters. The second kappa shape index (κ2) is 1.77. The maximum absolute atomic E-state index is 7.96. The third-order valence-corrected chi connectivity index (χ3v) is 0. The average Bonchev–Trinajstić information content (AvgIpc) is 0.811. The first kappa shape index (κ1) is 4.48. The van der Waals surface area contributed by atoms with Crippen LogP contribution in [0.25, 0.3) is 0 Å². The van der Waals surface area contributed by atoms with Crippen LogP contribution < -0.4 is 0 Å². The molecule has 0 aromatic rings. The minimum absolute atomic E-state index is 0.387. The monoisotopic (exact) mass is 141 g/mol. The van der Waals surface area contributed by atoms with E-state index in [4.69, 9.17) is 5.11 Å². The van der Waals surface area contributed by atoms with Gasteiger partial charge in [0.1, 0.15) is 0 Å². The molecule has 0 aliphatic carbocycles. The number of rotatable bonds is 0. The summed E-state index contributed by atoms with van der Waals surface area (Å²) in [6.45, 7) is 1.63. The van der Waals surface area contributed by atoms with E-state index in [2.05, 4.69) is 0 Å². The van der Waals surface area contributed by atoms with Crippen LogP contribution in [0, 0.1) is 0 Å². The van der Waals surface area contributed by atoms with Gasteiger partial charge in [-0.2, -0.15) is 0 Å². The van der Waals surface area contributed by atoms with Crippen LogP contribution in [0.15, 0.2) is 0 Å². The Morgan fingerprint density at radius 2 is 2.00 bits per heavy atom. The van der Waals surface area contributed by atoms with Crippen molar-refractivity contribution >= 4 is 4.21 Å². The molecule has 0 aromatic heterocycles. The molecule has 25 valence electrons. The Bertz CT molecular complexity index is 29.0. The Morgan fingerprint density at radius 1 is 2.00 bits per heavy atom. The van der Waals surface area contributed by atoms with E-state index in [1.165, 1.54) is 0 Å². The molecule has 0 saturated carbocycles. The number of hydrogen-bond acceptors (Lipinski definition) is 1. The van der Waals surface area contributed by atoms with Crippen molar-refractivity contribution in [1.82, 2.24) is 0 Å². The summed E-state index contributed by atoms with van der Waals surface area (Å²) in [4.78, 5) is 0. The van der Waals surface area contributed by atoms with Gasteiger partial charge in [0.05, 0.1) is 0 Å². The third kappa shape index (κ3) is 23.6. The Morgan fingerprint density at radius 3 is 2.00 bits per heavy atom. The molecule has 0 rings (SSSR count). The van der Waals surface area contributed by atoms with E-state index in [1.807, 2.05) is 18.4 Å². The second-order valence-electron chi connectivity index (χ2n) is 0.497. The van der Waals surface area contributed by atoms with Crippen molar-refractivity contribution < 1.29 is 23.6 Å². The van der Waals surface area contributed by atoms with Crippen LogP contribution in [0.5, 0.6) is 0 Å². The summed E-state index contributed by atoms with van der Waals surface area (Å²) in [6, 6.07) is 0. The van der Waals surface area contributed by atoms with Crippen LogP contribution in [-0.4, -0.2) is 9.32 Å². The summed E-state index contributed by atoms with van der Waals surface area (Å²) in [5.74, 6) is 0. The molecule has 0 bridgehead atoms. The quantitative estimate of drug-likeness (QED) is 0.506. The van der Waals surface area contributed by atoms with Gasteiger partial charge >= 0.3 is 34.7 Å². The third-order valence-electron chi connectivity index (χ3n) is 0. The molecule has 1 N–H and O–H groups in total. The molecule has 0 radical (unpaired) electrons. The Balaban J connectivity index is 2.80. The van der Waals surface area contributed by atoms with E-state index in [1.54, 1.807) is 6.92 Å². The summed E-state index contributed by atoms with van der Waals surface area (Å²) < 4.78 is 0.387. The average molecular weight is 142 g/mol. The standard InChI is InChI=1S/C2H4O.Tc/c1-2-3;/h3H,1H3;. The molecule has 0 unspecified atom stereocenters. The van der Waals surface area contributed by atoms with Gasteiger partial charge in [0, 0.05) is 0 Å². The van der Waals surface area contributed by atoms with Crippen LogP contribution >= 0.6 is 0 Å². The van der Waals surface area contributed by atoms with Crippen molar-refractivity contribution in [3.8, 4) is 0 Å². The summed E-state index contributed by atoms with van der Waals surface area (Å²) in [6.07, 6.45) is 0. The van der Waals surface area contributed by atoms with Crippen LogP contribution in [0.3, 0.4) is 0 Å². The molecule has 0 aromatic carbocycles. The van der Waals surface area contributed by atoms with Gasteiger partial charge in [-0.25, -0.2) is 0 Å². The summed E-state index contributed by atoms with van der Waals surface area (Å²) in [7, 11) is 0. The normalized spacial score (nSPS) is 6.50. The van der Waals surface area contributed by atoms with Gasteiger partial charge in [0.2, 0.25) is 0 Å². The second-order valence-corrected chi connectivity index (χ2v) is 1.84. The SMILES string of the molecule is C[C](O)=[Tc]. The predicted octanol–water partition coefficient (Wildman–Crippen LogP) is 0.0555. The minimum atomic E-state index is 0.387. The predicted molar refractivity (Wildman–Crippen MR) is 12.6 cm³/mol. The van der Waals surface area contributed by atoms with E-state index in [0.29, 0.717) is 4.21 Å². The maximum atomic E-state index is 7.96. The molecule has 0 aliphatic rings. The first-order valence-electron chi connectivity index (χ1n) is 0.913. The van der Waals surface area contributed by atoms with E-state index in [0.717, 1.165) is 0 Å². The Hall–Kier alpha value is 0.479. The molecule has 0 fully saturated rings. The van der Waals surface area contributed by atoms with Crippen molar-refractivity contribution in [1.29, 1.82) is 0 Å². The zero-order valence-corrected chi connectivity index (χ0v) is 4.18. The molecular weight excluding hydrogens is 138 g/mol. The molecule has 2 heteroatoms. The fourth-order valence-electron chi connectivity index (χ4n) is 0. The summed E-state index contributed by atoms with van der Waals surface area (Å²) in [5.41, 5.74) is 0. The van der Waals surface area contributed by atoms with Crippen LogP contribution in [0.1, 0.15) is 6.92 Å². The molecule has 1 nitrogen and oxygen atoms in total. The van der Waals surface area contributed by atoms with Crippen LogP contribution in [-0.2, 0) is 18.4 Å². The fourth-order valence-corrected chi connectivity index (χ4v) is 0. The van der Waals surface area contributed by atoms with E-state index >= 15 is 0 Å². The van der Waals surface area contributed by atoms with Gasteiger partial charge < -0.3 is 0 Å². The van der Waals surface area contributed by atoms with Gasteiger partial charge in [-0.3, -0.25) is 0 Å². The van der Waals surface area contributed by atoms with Crippen LogP contribution in [0.2, 0.25) is 0 Å². The zero-order valence-electron chi connectivity index (χ0n) is 2.33. The van der Waals surface area contributed by atoms with Crippen LogP contribution in [0.4, 0.5) is 0 Å². The van der Waals surface area contributed by atoms with Crippen molar-refractivity contribution in [2.45, 2.75) is 6.92 Å². The molecule has 0 saturated heterocycles. The molecule has 4 heavy (non-hydrogen) atoms. The van der Waals surface area contributed by atoms with Gasteiger partial charge in [-0.1, -0.05) is 0 Å². The van der Waals surface area contributed by atoms with Gasteiger partial charge in [-0.15, -0.1) is 0 Å². The number of aliphatic hydroxyl groups is 1. The van der Waals surface area contributed by atoms with Gasteiger partial charge in [0.25, 0.3) is 0 Å². The molecule has 0 heterocycles. The summed E-state index contributed by atoms with van der Waals surface area (Å²) in [5, 5.41) is 7.96. The van der Waals surface area contributed by atoms with Crippen molar-refractivity contribution in [3.63, 3.8) is 0 Å². The molecule has 0 aliphatic heterocycles. The first-order valence-corrected chi connectivity index (χ1v) is 1.84. The topological polar surface area (TPSA) is 20.2 Å².